The van der Waals surface area contributed by atoms with E-state index in [0.29, 0.717) is 16.7 Å². The predicted molar refractivity (Wildman–Crippen MR) is 64.0 cm³/mol. The van der Waals surface area contributed by atoms with E-state index in [1.165, 1.54) is 0 Å². The summed E-state index contributed by atoms with van der Waals surface area (Å²) >= 11 is 0. The molecule has 1 aromatic heterocycles. The van der Waals surface area contributed by atoms with Crippen molar-refractivity contribution in [2.75, 3.05) is 23.7 Å². The van der Waals surface area contributed by atoms with E-state index in [-0.39, 0.29) is 0 Å². The molecule has 0 atom stereocenters. The average Bonchev–Trinajstić information content (AvgIpc) is 2.58. The van der Waals surface area contributed by atoms with Crippen LogP contribution in [0.4, 0.5) is 11.5 Å². The summed E-state index contributed by atoms with van der Waals surface area (Å²) in [5, 5.41) is 8.74. The van der Waals surface area contributed by atoms with Crippen molar-refractivity contribution in [3.8, 4) is 6.07 Å². The molecule has 1 aliphatic heterocycles. The highest BCUT2D eigenvalue weighted by atomic mass is 15.2. The molecular weight excluding hydrogens is 200 g/mol. The van der Waals surface area contributed by atoms with Crippen molar-refractivity contribution in [1.82, 2.24) is 4.98 Å². The van der Waals surface area contributed by atoms with Crippen molar-refractivity contribution in [1.29, 1.82) is 5.26 Å². The zero-order chi connectivity index (χ0) is 11.8. The quantitative estimate of drug-likeness (QED) is 0.777. The summed E-state index contributed by atoms with van der Waals surface area (Å²) < 4.78 is 0. The molecule has 16 heavy (non-hydrogen) atoms. The molecule has 0 aliphatic carbocycles. The van der Waals surface area contributed by atoms with Crippen molar-refractivity contribution in [2.24, 2.45) is 5.41 Å². The highest BCUT2D eigenvalue weighted by Gasteiger charge is 2.30. The molecule has 0 radical (unpaired) electrons. The van der Waals surface area contributed by atoms with E-state index in [9.17, 15) is 0 Å². The van der Waals surface area contributed by atoms with Crippen LogP contribution >= 0.6 is 0 Å². The van der Waals surface area contributed by atoms with Gasteiger partial charge in [-0.3, -0.25) is 0 Å². The number of hydrogen-bond acceptors (Lipinski definition) is 4. The number of nitrogen functional groups attached to an aromatic ring is 1. The zero-order valence-corrected chi connectivity index (χ0v) is 9.70. The molecule has 1 saturated heterocycles. The summed E-state index contributed by atoms with van der Waals surface area (Å²) in [4.78, 5) is 6.47. The monoisotopic (exact) mass is 216 g/mol. The number of pyridine rings is 1. The van der Waals surface area contributed by atoms with E-state index in [0.717, 1.165) is 25.3 Å². The summed E-state index contributed by atoms with van der Waals surface area (Å²) in [6.45, 7) is 6.44. The molecule has 0 unspecified atom stereocenters. The minimum atomic E-state index is 0.321. The Morgan fingerprint density at radius 1 is 1.56 bits per heavy atom. The van der Waals surface area contributed by atoms with Gasteiger partial charge in [0.25, 0.3) is 0 Å². The third-order valence-electron chi connectivity index (χ3n) is 3.00. The lowest BCUT2D eigenvalue weighted by Crippen LogP contribution is -2.24. The number of anilines is 2. The largest absolute Gasteiger partial charge is 0.396 e. The zero-order valence-electron chi connectivity index (χ0n) is 9.70. The van der Waals surface area contributed by atoms with Crippen LogP contribution in [-0.2, 0) is 0 Å². The smallest absolute Gasteiger partial charge is 0.151 e. The van der Waals surface area contributed by atoms with Crippen LogP contribution in [0.3, 0.4) is 0 Å². The van der Waals surface area contributed by atoms with Crippen LogP contribution in [0.1, 0.15) is 25.8 Å². The van der Waals surface area contributed by atoms with Gasteiger partial charge in [-0.25, -0.2) is 4.98 Å². The molecule has 0 aromatic carbocycles. The molecule has 0 amide bonds. The van der Waals surface area contributed by atoms with Crippen molar-refractivity contribution < 1.29 is 0 Å². The molecule has 4 nitrogen and oxygen atoms in total. The maximum absolute atomic E-state index is 8.74. The molecule has 0 bridgehead atoms. The number of nitriles is 1. The van der Waals surface area contributed by atoms with Gasteiger partial charge in [-0.15, -0.1) is 0 Å². The molecule has 1 fully saturated rings. The average molecular weight is 216 g/mol. The van der Waals surface area contributed by atoms with Crippen molar-refractivity contribution in [3.05, 3.63) is 17.8 Å². The molecule has 0 saturated carbocycles. The van der Waals surface area contributed by atoms with Crippen LogP contribution in [-0.4, -0.2) is 18.1 Å². The van der Waals surface area contributed by atoms with Gasteiger partial charge in [-0.1, -0.05) is 13.8 Å². The van der Waals surface area contributed by atoms with E-state index >= 15 is 0 Å². The maximum atomic E-state index is 8.74. The number of rotatable bonds is 1. The van der Waals surface area contributed by atoms with Gasteiger partial charge in [0.15, 0.2) is 5.82 Å². The summed E-state index contributed by atoms with van der Waals surface area (Å²) in [6.07, 6.45) is 2.73. The lowest BCUT2D eigenvalue weighted by Gasteiger charge is -2.21. The second-order valence-electron chi connectivity index (χ2n) is 5.08. The van der Waals surface area contributed by atoms with Crippen LogP contribution in [0.25, 0.3) is 0 Å². The lowest BCUT2D eigenvalue weighted by atomic mass is 9.93. The fraction of sp³-hybridized carbons (Fsp3) is 0.500. The lowest BCUT2D eigenvalue weighted by molar-refractivity contribution is 0.418. The second kappa shape index (κ2) is 3.67. The van der Waals surface area contributed by atoms with Crippen molar-refractivity contribution in [3.63, 3.8) is 0 Å². The van der Waals surface area contributed by atoms with Gasteiger partial charge in [0, 0.05) is 19.3 Å². The van der Waals surface area contributed by atoms with Crippen LogP contribution in [0.2, 0.25) is 0 Å². The summed E-state index contributed by atoms with van der Waals surface area (Å²) in [7, 11) is 0. The maximum Gasteiger partial charge on any atom is 0.151 e. The van der Waals surface area contributed by atoms with Crippen molar-refractivity contribution in [2.45, 2.75) is 20.3 Å². The van der Waals surface area contributed by atoms with Gasteiger partial charge >= 0.3 is 0 Å². The first-order valence-corrected chi connectivity index (χ1v) is 5.42. The minimum absolute atomic E-state index is 0.321. The standard InChI is InChI=1S/C12H16N4/c1-12(2)3-4-16(8-12)11-10(14)5-9(6-13)7-15-11/h5,7H,3-4,8,14H2,1-2H3. The van der Waals surface area contributed by atoms with Gasteiger partial charge in [-0.05, 0) is 17.9 Å². The topological polar surface area (TPSA) is 65.9 Å². The first kappa shape index (κ1) is 10.7. The number of nitrogens with zero attached hydrogens (tertiary/aromatic N) is 3. The van der Waals surface area contributed by atoms with Gasteiger partial charge in [0.05, 0.1) is 11.3 Å². The van der Waals surface area contributed by atoms with E-state index in [2.05, 4.69) is 23.7 Å². The Balaban J connectivity index is 2.26. The molecule has 1 aliphatic rings. The predicted octanol–water partition coefficient (Wildman–Crippen LogP) is 1.77. The second-order valence-corrected chi connectivity index (χ2v) is 5.08. The summed E-state index contributed by atoms with van der Waals surface area (Å²) in [5.74, 6) is 0.810. The first-order valence-electron chi connectivity index (χ1n) is 5.42. The molecule has 2 rings (SSSR count). The van der Waals surface area contributed by atoms with Gasteiger partial charge < -0.3 is 10.6 Å². The molecular formula is C12H16N4. The molecule has 4 heteroatoms. The minimum Gasteiger partial charge on any atom is -0.396 e. The van der Waals surface area contributed by atoms with Gasteiger partial charge in [0.1, 0.15) is 6.07 Å². The van der Waals surface area contributed by atoms with E-state index in [1.54, 1.807) is 12.3 Å². The molecule has 84 valence electrons. The van der Waals surface area contributed by atoms with Gasteiger partial charge in [-0.2, -0.15) is 5.26 Å². The fourth-order valence-electron chi connectivity index (χ4n) is 2.09. The number of aromatic nitrogens is 1. The van der Waals surface area contributed by atoms with Gasteiger partial charge in [0.2, 0.25) is 0 Å². The SMILES string of the molecule is CC1(C)CCN(c2ncc(C#N)cc2N)C1. The Labute approximate surface area is 95.7 Å². The normalized spacial score (nSPS) is 18.4. The Bertz CT molecular complexity index is 445. The highest BCUT2D eigenvalue weighted by molar-refractivity contribution is 5.65. The third kappa shape index (κ3) is 1.94. The van der Waals surface area contributed by atoms with Crippen LogP contribution < -0.4 is 10.6 Å². The van der Waals surface area contributed by atoms with Crippen LogP contribution in [0.5, 0.6) is 0 Å². The summed E-state index contributed by atoms with van der Waals surface area (Å²) in [5.41, 5.74) is 7.34. The molecule has 2 N–H and O–H groups in total. The third-order valence-corrected chi connectivity index (χ3v) is 3.00. The Hall–Kier alpha value is -1.76. The van der Waals surface area contributed by atoms with Crippen LogP contribution in [0.15, 0.2) is 12.3 Å². The van der Waals surface area contributed by atoms with E-state index < -0.39 is 0 Å². The summed E-state index contributed by atoms with van der Waals surface area (Å²) in [6, 6.07) is 3.73. The first-order chi connectivity index (χ1) is 7.52. The number of hydrogen-bond donors (Lipinski definition) is 1. The van der Waals surface area contributed by atoms with E-state index in [1.807, 2.05) is 6.07 Å². The van der Waals surface area contributed by atoms with E-state index in [4.69, 9.17) is 11.0 Å². The van der Waals surface area contributed by atoms with Crippen molar-refractivity contribution >= 4 is 11.5 Å². The number of nitrogens with two attached hydrogens (primary N) is 1. The molecule has 0 spiro atoms. The molecule has 1 aromatic rings. The Morgan fingerprint density at radius 2 is 2.31 bits per heavy atom. The Kier molecular flexibility index (Phi) is 2.47. The Morgan fingerprint density at radius 3 is 2.81 bits per heavy atom. The molecule has 2 heterocycles. The fourth-order valence-corrected chi connectivity index (χ4v) is 2.09. The highest BCUT2D eigenvalue weighted by Crippen LogP contribution is 2.33. The van der Waals surface area contributed by atoms with Crippen LogP contribution in [0, 0.1) is 16.7 Å².